The van der Waals surface area contributed by atoms with E-state index in [-0.39, 0.29) is 17.9 Å². The number of hydrogen-bond donors (Lipinski definition) is 0. The Morgan fingerprint density at radius 1 is 1.35 bits per heavy atom. The maximum absolute atomic E-state index is 12.8. The molecule has 122 valence electrons. The number of hydrogen-bond acceptors (Lipinski definition) is 5. The highest BCUT2D eigenvalue weighted by Crippen LogP contribution is 2.25. The van der Waals surface area contributed by atoms with E-state index in [1.807, 2.05) is 35.2 Å². The van der Waals surface area contributed by atoms with Crippen molar-refractivity contribution >= 4 is 17.2 Å². The second-order valence-corrected chi connectivity index (χ2v) is 6.51. The fourth-order valence-electron chi connectivity index (χ4n) is 3.01. The van der Waals surface area contributed by atoms with Crippen LogP contribution in [-0.2, 0) is 4.79 Å². The lowest BCUT2D eigenvalue weighted by molar-refractivity contribution is -0.134. The van der Waals surface area contributed by atoms with Gasteiger partial charge in [0.25, 0.3) is 5.19 Å². The molecule has 1 unspecified atom stereocenters. The van der Waals surface area contributed by atoms with Crippen molar-refractivity contribution in [1.82, 2.24) is 15.1 Å². The van der Waals surface area contributed by atoms with Crippen LogP contribution in [0.25, 0.3) is 0 Å². The first-order valence-electron chi connectivity index (χ1n) is 8.04. The summed E-state index contributed by atoms with van der Waals surface area (Å²) in [5.74, 6) is 0.185. The summed E-state index contributed by atoms with van der Waals surface area (Å²) < 4.78 is 5.80. The highest BCUT2D eigenvalue weighted by Gasteiger charge is 2.29. The lowest BCUT2D eigenvalue weighted by atomic mass is 9.94. The molecule has 0 aliphatic carbocycles. The van der Waals surface area contributed by atoms with E-state index in [0.29, 0.717) is 5.19 Å². The van der Waals surface area contributed by atoms with Gasteiger partial charge < -0.3 is 9.64 Å². The zero-order valence-corrected chi connectivity index (χ0v) is 14.0. The van der Waals surface area contributed by atoms with E-state index in [1.54, 1.807) is 5.51 Å². The Morgan fingerprint density at radius 3 is 2.70 bits per heavy atom. The Bertz CT molecular complexity index is 610. The van der Waals surface area contributed by atoms with E-state index in [4.69, 9.17) is 4.74 Å². The van der Waals surface area contributed by atoms with Gasteiger partial charge in [-0.25, -0.2) is 0 Å². The van der Waals surface area contributed by atoms with E-state index < -0.39 is 0 Å². The zero-order valence-electron chi connectivity index (χ0n) is 13.2. The monoisotopic (exact) mass is 331 g/mol. The number of carbonyl (C=O) groups is 1. The molecule has 1 atom stereocenters. The van der Waals surface area contributed by atoms with Gasteiger partial charge in [0.15, 0.2) is 0 Å². The van der Waals surface area contributed by atoms with Gasteiger partial charge in [-0.2, -0.15) is 0 Å². The molecule has 1 aromatic carbocycles. The van der Waals surface area contributed by atoms with Gasteiger partial charge >= 0.3 is 0 Å². The lowest BCUT2D eigenvalue weighted by Gasteiger charge is -2.33. The number of rotatable bonds is 5. The van der Waals surface area contributed by atoms with Crippen molar-refractivity contribution in [3.63, 3.8) is 0 Å². The van der Waals surface area contributed by atoms with Crippen LogP contribution in [-0.4, -0.2) is 40.2 Å². The molecule has 5 nitrogen and oxygen atoms in total. The second kappa shape index (κ2) is 7.55. The summed E-state index contributed by atoms with van der Waals surface area (Å²) in [4.78, 5) is 14.8. The first-order valence-corrected chi connectivity index (χ1v) is 8.92. The zero-order chi connectivity index (χ0) is 16.1. The van der Waals surface area contributed by atoms with E-state index >= 15 is 0 Å². The van der Waals surface area contributed by atoms with Crippen molar-refractivity contribution in [3.8, 4) is 5.19 Å². The molecule has 6 heteroatoms. The second-order valence-electron chi connectivity index (χ2n) is 5.72. The average molecular weight is 331 g/mol. The average Bonchev–Trinajstić information content (AvgIpc) is 3.10. The fraction of sp³-hybridized carbons (Fsp3) is 0.471. The van der Waals surface area contributed by atoms with Crippen LogP contribution in [0.4, 0.5) is 0 Å². The van der Waals surface area contributed by atoms with Crippen LogP contribution < -0.4 is 4.74 Å². The summed E-state index contributed by atoms with van der Waals surface area (Å²) in [5.41, 5.74) is 2.77. The van der Waals surface area contributed by atoms with Gasteiger partial charge in [-0.1, -0.05) is 48.6 Å². The SMILES string of the molecule is CCC(C(=O)N1CCC(Oc2nncs2)CC1)c1ccccc1. The minimum Gasteiger partial charge on any atom is -0.465 e. The van der Waals surface area contributed by atoms with Crippen molar-refractivity contribution in [2.24, 2.45) is 0 Å². The Kier molecular flexibility index (Phi) is 5.23. The molecule has 1 saturated heterocycles. The highest BCUT2D eigenvalue weighted by atomic mass is 32.1. The van der Waals surface area contributed by atoms with Crippen molar-refractivity contribution in [3.05, 3.63) is 41.4 Å². The molecular formula is C17H21N3O2S. The number of piperidine rings is 1. The largest absolute Gasteiger partial charge is 0.465 e. The van der Waals surface area contributed by atoms with Crippen LogP contribution in [0.15, 0.2) is 35.8 Å². The van der Waals surface area contributed by atoms with Crippen LogP contribution in [0.2, 0.25) is 0 Å². The maximum atomic E-state index is 12.8. The summed E-state index contributed by atoms with van der Waals surface area (Å²) in [6, 6.07) is 10.0. The van der Waals surface area contributed by atoms with Crippen LogP contribution in [0.1, 0.15) is 37.7 Å². The number of aromatic nitrogens is 2. The summed E-state index contributed by atoms with van der Waals surface area (Å²) >= 11 is 1.40. The van der Waals surface area contributed by atoms with Crippen molar-refractivity contribution in [2.75, 3.05) is 13.1 Å². The van der Waals surface area contributed by atoms with Crippen molar-refractivity contribution in [2.45, 2.75) is 38.2 Å². The Morgan fingerprint density at radius 2 is 2.09 bits per heavy atom. The minimum atomic E-state index is -0.0446. The summed E-state index contributed by atoms with van der Waals surface area (Å²) in [6.07, 6.45) is 2.64. The van der Waals surface area contributed by atoms with E-state index in [1.165, 1.54) is 11.3 Å². The molecule has 0 saturated carbocycles. The number of ether oxygens (including phenoxy) is 1. The third-order valence-corrected chi connectivity index (χ3v) is 4.85. The Hall–Kier alpha value is -1.95. The topological polar surface area (TPSA) is 55.3 Å². The molecule has 0 spiro atoms. The fourth-order valence-corrected chi connectivity index (χ4v) is 3.48. The molecule has 1 aliphatic heterocycles. The number of amides is 1. The van der Waals surface area contributed by atoms with Gasteiger partial charge in [-0.3, -0.25) is 4.79 Å². The molecule has 1 fully saturated rings. The predicted molar refractivity (Wildman–Crippen MR) is 89.6 cm³/mol. The number of carbonyl (C=O) groups excluding carboxylic acids is 1. The standard InChI is InChI=1S/C17H21N3O2S/c1-2-15(13-6-4-3-5-7-13)16(21)20-10-8-14(9-11-20)22-17-19-18-12-23-17/h3-7,12,14-15H,2,8-11H2,1H3. The highest BCUT2D eigenvalue weighted by molar-refractivity contribution is 7.11. The molecule has 1 aliphatic rings. The Labute approximate surface area is 140 Å². The molecule has 2 aromatic rings. The van der Waals surface area contributed by atoms with Crippen LogP contribution in [0.3, 0.4) is 0 Å². The van der Waals surface area contributed by atoms with Crippen LogP contribution >= 0.6 is 11.3 Å². The molecular weight excluding hydrogens is 310 g/mol. The third-order valence-electron chi connectivity index (χ3n) is 4.27. The normalized spacial score (nSPS) is 17.0. The van der Waals surface area contributed by atoms with Crippen molar-refractivity contribution < 1.29 is 9.53 Å². The number of benzene rings is 1. The molecule has 2 heterocycles. The summed E-state index contributed by atoms with van der Waals surface area (Å²) in [5, 5.41) is 8.31. The number of nitrogens with zero attached hydrogens (tertiary/aromatic N) is 3. The van der Waals surface area contributed by atoms with Gasteiger partial charge in [0.05, 0.1) is 5.92 Å². The first kappa shape index (κ1) is 15.9. The third kappa shape index (κ3) is 3.88. The summed E-state index contributed by atoms with van der Waals surface area (Å²) in [7, 11) is 0. The minimum absolute atomic E-state index is 0.0446. The number of likely N-dealkylation sites (tertiary alicyclic amines) is 1. The van der Waals surface area contributed by atoms with Gasteiger partial charge in [-0.15, -0.1) is 10.2 Å². The summed E-state index contributed by atoms with van der Waals surface area (Å²) in [6.45, 7) is 3.55. The van der Waals surface area contributed by atoms with Crippen LogP contribution in [0.5, 0.6) is 5.19 Å². The molecule has 0 radical (unpaired) electrons. The van der Waals surface area contributed by atoms with E-state index in [0.717, 1.165) is 37.9 Å². The van der Waals surface area contributed by atoms with E-state index in [9.17, 15) is 4.79 Å². The van der Waals surface area contributed by atoms with Crippen LogP contribution in [0, 0.1) is 0 Å². The molecule has 3 rings (SSSR count). The molecule has 23 heavy (non-hydrogen) atoms. The smallest absolute Gasteiger partial charge is 0.294 e. The predicted octanol–water partition coefficient (Wildman–Crippen LogP) is 3.10. The molecule has 0 bridgehead atoms. The van der Waals surface area contributed by atoms with Crippen molar-refractivity contribution in [1.29, 1.82) is 0 Å². The Balaban J connectivity index is 1.57. The van der Waals surface area contributed by atoms with Gasteiger partial charge in [0, 0.05) is 25.9 Å². The van der Waals surface area contributed by atoms with Gasteiger partial charge in [-0.05, 0) is 12.0 Å². The first-order chi connectivity index (χ1) is 11.3. The molecule has 1 amide bonds. The van der Waals surface area contributed by atoms with Gasteiger partial charge in [0.2, 0.25) is 5.91 Å². The lowest BCUT2D eigenvalue weighted by Crippen LogP contribution is -2.43. The molecule has 0 N–H and O–H groups in total. The van der Waals surface area contributed by atoms with E-state index in [2.05, 4.69) is 17.1 Å². The van der Waals surface area contributed by atoms with Gasteiger partial charge in [0.1, 0.15) is 11.6 Å². The maximum Gasteiger partial charge on any atom is 0.294 e. The quantitative estimate of drug-likeness (QED) is 0.845. The molecule has 1 aromatic heterocycles.